The Morgan fingerprint density at radius 2 is 1.44 bits per heavy atom. The molecule has 0 spiro atoms. The lowest BCUT2D eigenvalue weighted by Gasteiger charge is -2.16. The summed E-state index contributed by atoms with van der Waals surface area (Å²) in [7, 11) is 0. The minimum atomic E-state index is -0.0300. The third-order valence-corrected chi connectivity index (χ3v) is 5.91. The highest BCUT2D eigenvalue weighted by atomic mass is 32.1. The standard InChI is InChI=1S/C22H18NOS/c1-2-8-16(22-23-13-14-24-22)15(7-1)21-17-9-3-5-11-19(17)25-20-12-6-4-10-18(20)21/h1-12,22-23H,13-14H2/q+1. The van der Waals surface area contributed by atoms with E-state index in [4.69, 9.17) is 4.74 Å². The molecule has 1 aliphatic heterocycles. The van der Waals surface area contributed by atoms with Crippen LogP contribution in [0.25, 0.3) is 31.3 Å². The van der Waals surface area contributed by atoms with Gasteiger partial charge in [0, 0.05) is 40.6 Å². The zero-order chi connectivity index (χ0) is 16.6. The van der Waals surface area contributed by atoms with E-state index in [1.807, 2.05) is 11.3 Å². The van der Waals surface area contributed by atoms with Crippen LogP contribution in [0, 0.1) is 0 Å². The molecule has 2 heterocycles. The van der Waals surface area contributed by atoms with Gasteiger partial charge in [-0.1, -0.05) is 48.5 Å². The fourth-order valence-corrected chi connectivity index (χ4v) is 4.75. The molecule has 1 aliphatic rings. The van der Waals surface area contributed by atoms with E-state index < -0.39 is 0 Å². The minimum Gasteiger partial charge on any atom is -0.358 e. The van der Waals surface area contributed by atoms with Gasteiger partial charge in [-0.25, -0.2) is 0 Å². The molecule has 1 aromatic heterocycles. The van der Waals surface area contributed by atoms with Crippen LogP contribution in [0.4, 0.5) is 0 Å². The lowest BCUT2D eigenvalue weighted by atomic mass is 9.94. The van der Waals surface area contributed by atoms with Crippen LogP contribution < -0.4 is 5.32 Å². The summed E-state index contributed by atoms with van der Waals surface area (Å²) in [6.45, 7) is 1.66. The number of rotatable bonds is 2. The largest absolute Gasteiger partial charge is 0.358 e. The monoisotopic (exact) mass is 344 g/mol. The summed E-state index contributed by atoms with van der Waals surface area (Å²) < 4.78 is 8.54. The third kappa shape index (κ3) is 2.52. The lowest BCUT2D eigenvalue weighted by Crippen LogP contribution is -2.14. The van der Waals surface area contributed by atoms with Crippen LogP contribution in [-0.2, 0) is 4.74 Å². The van der Waals surface area contributed by atoms with E-state index in [0.717, 1.165) is 13.2 Å². The van der Waals surface area contributed by atoms with Crippen LogP contribution in [0.3, 0.4) is 0 Å². The molecule has 1 fully saturated rings. The van der Waals surface area contributed by atoms with Gasteiger partial charge in [-0.2, -0.15) is 0 Å². The van der Waals surface area contributed by atoms with Gasteiger partial charge in [0.2, 0.25) is 20.7 Å². The molecule has 1 N–H and O–H groups in total. The quantitative estimate of drug-likeness (QED) is 0.376. The van der Waals surface area contributed by atoms with E-state index >= 15 is 0 Å². The first-order chi connectivity index (χ1) is 12.4. The summed E-state index contributed by atoms with van der Waals surface area (Å²) in [5.74, 6) is 0. The van der Waals surface area contributed by atoms with E-state index in [0.29, 0.717) is 0 Å². The Kier molecular flexibility index (Phi) is 3.71. The highest BCUT2D eigenvalue weighted by molar-refractivity contribution is 7.24. The highest BCUT2D eigenvalue weighted by Gasteiger charge is 2.24. The highest BCUT2D eigenvalue weighted by Crippen LogP contribution is 2.41. The van der Waals surface area contributed by atoms with Crippen molar-refractivity contribution in [3.8, 4) is 11.1 Å². The lowest BCUT2D eigenvalue weighted by molar-refractivity contribution is 0.102. The topological polar surface area (TPSA) is 21.3 Å². The summed E-state index contributed by atoms with van der Waals surface area (Å²) in [6.07, 6.45) is -0.0300. The Morgan fingerprint density at radius 1 is 0.800 bits per heavy atom. The van der Waals surface area contributed by atoms with Gasteiger partial charge >= 0.3 is 0 Å². The Morgan fingerprint density at radius 3 is 2.12 bits per heavy atom. The Labute approximate surface area is 150 Å². The maximum atomic E-state index is 5.92. The van der Waals surface area contributed by atoms with Gasteiger partial charge < -0.3 is 4.74 Å². The van der Waals surface area contributed by atoms with Crippen LogP contribution in [0.15, 0.2) is 72.8 Å². The van der Waals surface area contributed by atoms with Gasteiger partial charge in [0.15, 0.2) is 0 Å². The molecule has 2 nitrogen and oxygen atoms in total. The summed E-state index contributed by atoms with van der Waals surface area (Å²) in [5, 5.41) is 6.06. The second-order valence-corrected chi connectivity index (χ2v) is 7.35. The first-order valence-electron chi connectivity index (χ1n) is 8.60. The van der Waals surface area contributed by atoms with Gasteiger partial charge in [0.25, 0.3) is 0 Å². The predicted molar refractivity (Wildman–Crippen MR) is 106 cm³/mol. The molecule has 1 atom stereocenters. The molecule has 3 aromatic carbocycles. The summed E-state index contributed by atoms with van der Waals surface area (Å²) in [5.41, 5.74) is 3.77. The molecule has 0 saturated carbocycles. The number of benzene rings is 3. The van der Waals surface area contributed by atoms with Gasteiger partial charge in [0.1, 0.15) is 6.23 Å². The molecule has 1 unspecified atom stereocenters. The zero-order valence-electron chi connectivity index (χ0n) is 13.7. The normalized spacial score (nSPS) is 17.4. The molecule has 4 aromatic rings. The molecular weight excluding hydrogens is 326 g/mol. The van der Waals surface area contributed by atoms with Crippen LogP contribution in [0.5, 0.6) is 0 Å². The van der Waals surface area contributed by atoms with Crippen molar-refractivity contribution in [1.82, 2.24) is 5.32 Å². The number of ether oxygens (including phenoxy) is 1. The second kappa shape index (κ2) is 6.19. The van der Waals surface area contributed by atoms with E-state index in [9.17, 15) is 0 Å². The number of hydrogen-bond acceptors (Lipinski definition) is 2. The van der Waals surface area contributed by atoms with E-state index in [2.05, 4.69) is 78.1 Å². The molecular formula is C22H18NOS+. The number of fused-ring (bicyclic) bond motifs is 2. The van der Waals surface area contributed by atoms with Crippen LogP contribution >= 0.6 is 11.3 Å². The minimum absolute atomic E-state index is 0.0300. The Bertz CT molecular complexity index is 1020. The van der Waals surface area contributed by atoms with Crippen molar-refractivity contribution in [2.75, 3.05) is 13.2 Å². The van der Waals surface area contributed by atoms with Crippen molar-refractivity contribution in [2.24, 2.45) is 0 Å². The summed E-state index contributed by atoms with van der Waals surface area (Å²) in [6, 6.07) is 26.0. The average Bonchev–Trinajstić information content (AvgIpc) is 3.21. The molecule has 25 heavy (non-hydrogen) atoms. The fourth-order valence-electron chi connectivity index (χ4n) is 3.66. The van der Waals surface area contributed by atoms with Crippen LogP contribution in [-0.4, -0.2) is 13.2 Å². The van der Waals surface area contributed by atoms with Gasteiger partial charge in [-0.3, -0.25) is 5.32 Å². The van der Waals surface area contributed by atoms with Crippen molar-refractivity contribution in [3.05, 3.63) is 78.4 Å². The van der Waals surface area contributed by atoms with Crippen molar-refractivity contribution < 1.29 is 4.74 Å². The van der Waals surface area contributed by atoms with E-state index in [1.54, 1.807) is 0 Å². The van der Waals surface area contributed by atoms with Crippen molar-refractivity contribution in [1.29, 1.82) is 0 Å². The van der Waals surface area contributed by atoms with E-state index in [1.165, 1.54) is 36.9 Å². The fraction of sp³-hybridized carbons (Fsp3) is 0.136. The maximum Gasteiger partial charge on any atom is 0.239 e. The molecule has 3 heteroatoms. The molecule has 122 valence electrons. The first-order valence-corrected chi connectivity index (χ1v) is 9.41. The Hall–Kier alpha value is -2.33. The van der Waals surface area contributed by atoms with Crippen LogP contribution in [0.2, 0.25) is 0 Å². The predicted octanol–water partition coefficient (Wildman–Crippen LogP) is 5.62. The van der Waals surface area contributed by atoms with Gasteiger partial charge in [-0.15, -0.1) is 0 Å². The van der Waals surface area contributed by atoms with Crippen molar-refractivity contribution in [2.45, 2.75) is 6.23 Å². The van der Waals surface area contributed by atoms with Crippen LogP contribution in [0.1, 0.15) is 11.8 Å². The first kappa shape index (κ1) is 15.0. The van der Waals surface area contributed by atoms with Gasteiger partial charge in [0.05, 0.1) is 6.61 Å². The second-order valence-electron chi connectivity index (χ2n) is 6.26. The Balaban J connectivity index is 1.88. The molecule has 0 radical (unpaired) electrons. The maximum absolute atomic E-state index is 5.92. The molecule has 0 bridgehead atoms. The third-order valence-electron chi connectivity index (χ3n) is 4.76. The number of hydrogen-bond donors (Lipinski definition) is 1. The smallest absolute Gasteiger partial charge is 0.239 e. The van der Waals surface area contributed by atoms with E-state index in [-0.39, 0.29) is 6.23 Å². The van der Waals surface area contributed by atoms with Crippen molar-refractivity contribution in [3.63, 3.8) is 0 Å². The average molecular weight is 344 g/mol. The number of nitrogens with one attached hydrogen (secondary N) is 1. The summed E-state index contributed by atoms with van der Waals surface area (Å²) >= 11 is 1.85. The van der Waals surface area contributed by atoms with Gasteiger partial charge in [-0.05, 0) is 17.7 Å². The molecule has 1 saturated heterocycles. The molecule has 0 aliphatic carbocycles. The molecule has 0 amide bonds. The SMILES string of the molecule is c1ccc(C2NCCO2)c(-c2c3ccccc3[s+]c3ccccc23)c1. The zero-order valence-corrected chi connectivity index (χ0v) is 14.6. The van der Waals surface area contributed by atoms with Crippen molar-refractivity contribution >= 4 is 31.5 Å². The summed E-state index contributed by atoms with van der Waals surface area (Å²) in [4.78, 5) is 0. The molecule has 5 rings (SSSR count).